The van der Waals surface area contributed by atoms with Crippen LogP contribution < -0.4 is 0 Å². The maximum Gasteiger partial charge on any atom is 0.0997 e. The molecule has 2 heteroatoms. The van der Waals surface area contributed by atoms with E-state index in [2.05, 4.69) is 11.8 Å². The van der Waals surface area contributed by atoms with Gasteiger partial charge >= 0.3 is 0 Å². The number of hydrogen-bond acceptors (Lipinski definition) is 1. The van der Waals surface area contributed by atoms with Gasteiger partial charge in [0.25, 0.3) is 0 Å². The highest BCUT2D eigenvalue weighted by Crippen LogP contribution is 2.07. The van der Waals surface area contributed by atoms with Crippen LogP contribution >= 0.6 is 0 Å². The van der Waals surface area contributed by atoms with Gasteiger partial charge in [0.15, 0.2) is 0 Å². The van der Waals surface area contributed by atoms with Gasteiger partial charge in [0.1, 0.15) is 0 Å². The first-order valence-electron chi connectivity index (χ1n) is 3.50. The molecule has 0 unspecified atom stereocenters. The van der Waals surface area contributed by atoms with Crippen LogP contribution in [0.2, 0.25) is 0 Å². The first kappa shape index (κ1) is 7.77. The number of nitriles is 1. The molecule has 54 valence electrons. The molecule has 0 aromatic heterocycles. The molecule has 0 atom stereocenters. The third-order valence-electron chi connectivity index (χ3n) is 1.43. The van der Waals surface area contributed by atoms with Crippen LogP contribution in [0.25, 0.3) is 6.08 Å². The number of hydrogen-bond donors (Lipinski definition) is 0. The molecule has 0 N–H and O–H groups in total. The Balaban J connectivity index is 3.15. The number of benzene rings is 1. The molecule has 0 aliphatic carbocycles. The molecule has 0 aliphatic heterocycles. The lowest BCUT2D eigenvalue weighted by atomic mass is 10.1. The van der Waals surface area contributed by atoms with Crippen LogP contribution in [0.1, 0.15) is 11.1 Å². The largest absolute Gasteiger partial charge is 0.192 e. The minimum Gasteiger partial charge on any atom is -0.192 e. The molecule has 0 bridgehead atoms. The fourth-order valence-corrected chi connectivity index (χ4v) is 1.28. The fraction of sp³-hybridized carbons (Fsp3) is 0. The first-order chi connectivity index (χ1) is 5.38. The zero-order chi connectivity index (χ0) is 8.10. The monoisotopic (exact) mass is 159 g/mol. The van der Waals surface area contributed by atoms with Crippen molar-refractivity contribution in [1.82, 2.24) is 0 Å². The summed E-state index contributed by atoms with van der Waals surface area (Å²) >= 11 is 0. The summed E-state index contributed by atoms with van der Waals surface area (Å²) in [5.74, 6) is 0. The van der Waals surface area contributed by atoms with E-state index in [-0.39, 0.29) is 0 Å². The van der Waals surface area contributed by atoms with Gasteiger partial charge in [-0.1, -0.05) is 24.3 Å². The highest BCUT2D eigenvalue weighted by molar-refractivity contribution is 6.19. The number of rotatable bonds is 1. The summed E-state index contributed by atoms with van der Waals surface area (Å²) in [4.78, 5) is 0. The van der Waals surface area contributed by atoms with Gasteiger partial charge < -0.3 is 0 Å². The van der Waals surface area contributed by atoms with Gasteiger partial charge in [0.05, 0.1) is 11.6 Å². The van der Waals surface area contributed by atoms with E-state index in [1.54, 1.807) is 0 Å². The quantitative estimate of drug-likeness (QED) is 0.558. The maximum atomic E-state index is 8.67. The van der Waals surface area contributed by atoms with E-state index in [1.165, 1.54) is 0 Å². The van der Waals surface area contributed by atoms with E-state index < -0.39 is 0 Å². The van der Waals surface area contributed by atoms with Crippen LogP contribution in [0.4, 0.5) is 0 Å². The third-order valence-corrected chi connectivity index (χ3v) is 1.76. The van der Waals surface area contributed by atoms with E-state index in [9.17, 15) is 0 Å². The van der Waals surface area contributed by atoms with E-state index in [1.807, 2.05) is 30.3 Å². The zero-order valence-corrected chi connectivity index (χ0v) is 8.41. The Bertz CT molecular complexity index is 310. The molecule has 1 nitrogen and oxygen atoms in total. The summed E-state index contributed by atoms with van der Waals surface area (Å²) in [5.41, 5.74) is 3.83. The fourth-order valence-electron chi connectivity index (χ4n) is 0.924. The lowest BCUT2D eigenvalue weighted by Gasteiger charge is -1.93. The van der Waals surface area contributed by atoms with E-state index in [0.29, 0.717) is 0 Å². The molecule has 0 fully saturated rings. The Hall–Kier alpha value is -1.33. The highest BCUT2D eigenvalue weighted by atomic mass is 28.1. The van der Waals surface area contributed by atoms with E-state index >= 15 is 0 Å². The van der Waals surface area contributed by atoms with Crippen molar-refractivity contribution in [3.05, 3.63) is 41.1 Å². The summed E-state index contributed by atoms with van der Waals surface area (Å²) < 4.78 is 0. The van der Waals surface area contributed by atoms with Gasteiger partial charge in [0, 0.05) is 10.2 Å². The van der Waals surface area contributed by atoms with Crippen molar-refractivity contribution in [2.45, 2.75) is 0 Å². The molecule has 1 aromatic carbocycles. The SMILES string of the molecule is N#Cc1ccccc1C=C[SiH3]. The second-order valence-corrected chi connectivity index (χ2v) is 2.87. The molecular formula is C9H9NSi. The van der Waals surface area contributed by atoms with Crippen molar-refractivity contribution in [2.24, 2.45) is 0 Å². The number of nitrogens with zero attached hydrogens (tertiary/aromatic N) is 1. The summed E-state index contributed by atoms with van der Waals surface area (Å²) in [7, 11) is 1.03. The minimum atomic E-state index is 0.750. The summed E-state index contributed by atoms with van der Waals surface area (Å²) in [6.07, 6.45) is 1.99. The second kappa shape index (κ2) is 3.74. The van der Waals surface area contributed by atoms with Gasteiger partial charge in [-0.05, 0) is 11.6 Å². The Morgan fingerprint density at radius 1 is 1.36 bits per heavy atom. The van der Waals surface area contributed by atoms with Crippen molar-refractivity contribution < 1.29 is 0 Å². The van der Waals surface area contributed by atoms with Gasteiger partial charge in [-0.15, -0.1) is 5.70 Å². The lowest BCUT2D eigenvalue weighted by Crippen LogP contribution is -1.79. The van der Waals surface area contributed by atoms with Gasteiger partial charge in [-0.25, -0.2) is 0 Å². The van der Waals surface area contributed by atoms with Gasteiger partial charge in [0.2, 0.25) is 0 Å². The first-order valence-corrected chi connectivity index (χ1v) is 4.66. The zero-order valence-electron chi connectivity index (χ0n) is 6.41. The highest BCUT2D eigenvalue weighted by Gasteiger charge is 1.93. The van der Waals surface area contributed by atoms with Gasteiger partial charge in [-0.3, -0.25) is 0 Å². The molecule has 0 aliphatic rings. The van der Waals surface area contributed by atoms with Crippen molar-refractivity contribution >= 4 is 16.3 Å². The Morgan fingerprint density at radius 2 is 2.09 bits per heavy atom. The average molecular weight is 159 g/mol. The van der Waals surface area contributed by atoms with Crippen molar-refractivity contribution in [2.75, 3.05) is 0 Å². The van der Waals surface area contributed by atoms with E-state index in [4.69, 9.17) is 5.26 Å². The molecule has 0 spiro atoms. The summed E-state index contributed by atoms with van der Waals surface area (Å²) in [6.45, 7) is 0. The predicted molar refractivity (Wildman–Crippen MR) is 50.1 cm³/mol. The third kappa shape index (κ3) is 1.79. The second-order valence-electron chi connectivity index (χ2n) is 2.20. The molecule has 1 rings (SSSR count). The van der Waals surface area contributed by atoms with Crippen LogP contribution in [-0.4, -0.2) is 10.2 Å². The molecule has 0 saturated heterocycles. The average Bonchev–Trinajstić information content (AvgIpc) is 2.06. The van der Waals surface area contributed by atoms with E-state index in [0.717, 1.165) is 21.4 Å². The molecule has 0 heterocycles. The Labute approximate surface area is 69.4 Å². The maximum absolute atomic E-state index is 8.67. The van der Waals surface area contributed by atoms with Gasteiger partial charge in [-0.2, -0.15) is 5.26 Å². The predicted octanol–water partition coefficient (Wildman–Crippen LogP) is 0.894. The molecular weight excluding hydrogens is 150 g/mol. The summed E-state index contributed by atoms with van der Waals surface area (Å²) in [5, 5.41) is 8.67. The molecule has 0 amide bonds. The van der Waals surface area contributed by atoms with Crippen molar-refractivity contribution in [3.63, 3.8) is 0 Å². The van der Waals surface area contributed by atoms with Crippen molar-refractivity contribution in [1.29, 1.82) is 5.26 Å². The van der Waals surface area contributed by atoms with Crippen LogP contribution in [0.15, 0.2) is 30.0 Å². The van der Waals surface area contributed by atoms with Crippen LogP contribution in [0.3, 0.4) is 0 Å². The lowest BCUT2D eigenvalue weighted by molar-refractivity contribution is 1.47. The molecule has 1 aromatic rings. The standard InChI is InChI=1S/C9H9NSi/c10-7-9-4-2-1-3-8(9)5-6-11/h1-6H,11H3. The Kier molecular flexibility index (Phi) is 2.64. The van der Waals surface area contributed by atoms with Crippen LogP contribution in [-0.2, 0) is 0 Å². The van der Waals surface area contributed by atoms with Crippen LogP contribution in [0, 0.1) is 11.3 Å². The molecule has 0 saturated carbocycles. The normalized spacial score (nSPS) is 10.1. The van der Waals surface area contributed by atoms with Crippen molar-refractivity contribution in [3.8, 4) is 6.07 Å². The molecule has 0 radical (unpaired) electrons. The molecule has 11 heavy (non-hydrogen) atoms. The minimum absolute atomic E-state index is 0.750. The summed E-state index contributed by atoms with van der Waals surface area (Å²) in [6, 6.07) is 9.75. The smallest absolute Gasteiger partial charge is 0.0997 e. The topological polar surface area (TPSA) is 23.8 Å². The van der Waals surface area contributed by atoms with Crippen LogP contribution in [0.5, 0.6) is 0 Å². The Morgan fingerprint density at radius 3 is 2.73 bits per heavy atom.